The van der Waals surface area contributed by atoms with Crippen molar-refractivity contribution in [2.24, 2.45) is 14.1 Å². The van der Waals surface area contributed by atoms with Gasteiger partial charge in [-0.2, -0.15) is 0 Å². The summed E-state index contributed by atoms with van der Waals surface area (Å²) in [5.41, 5.74) is -0.845. The van der Waals surface area contributed by atoms with E-state index < -0.39 is 45.6 Å². The lowest BCUT2D eigenvalue weighted by Gasteiger charge is -2.12. The monoisotopic (exact) mass is 504 g/mol. The topological polar surface area (TPSA) is 146 Å². The van der Waals surface area contributed by atoms with Gasteiger partial charge in [-0.3, -0.25) is 23.4 Å². The van der Waals surface area contributed by atoms with E-state index in [0.29, 0.717) is 0 Å². The summed E-state index contributed by atoms with van der Waals surface area (Å²) >= 11 is 0. The molecule has 0 unspecified atom stereocenters. The number of aromatic nitrogens is 2. The van der Waals surface area contributed by atoms with Gasteiger partial charge in [-0.15, -0.1) is 0 Å². The van der Waals surface area contributed by atoms with Crippen molar-refractivity contribution >= 4 is 33.4 Å². The molecule has 0 aliphatic carbocycles. The molecule has 2 aromatic carbocycles. The summed E-state index contributed by atoms with van der Waals surface area (Å²) < 4.78 is 47.5. The molecule has 1 aromatic heterocycles. The number of carbonyl (C=O) groups is 2. The van der Waals surface area contributed by atoms with E-state index in [2.05, 4.69) is 10.0 Å². The number of anilines is 2. The zero-order chi connectivity index (χ0) is 25.9. The molecule has 1 amide bonds. The third-order valence-electron chi connectivity index (χ3n) is 4.93. The Balaban J connectivity index is 1.62. The molecule has 0 atom stereocenters. The Morgan fingerprint density at radius 3 is 2.29 bits per heavy atom. The van der Waals surface area contributed by atoms with Gasteiger partial charge in [-0.05, 0) is 55.0 Å². The highest BCUT2D eigenvalue weighted by Gasteiger charge is 2.18. The number of benzene rings is 2. The number of ether oxygens (including phenoxy) is 1. The second kappa shape index (κ2) is 9.93. The quantitative estimate of drug-likeness (QED) is 0.459. The van der Waals surface area contributed by atoms with Gasteiger partial charge in [-0.25, -0.2) is 22.4 Å². The standard InChI is InChI=1S/C22H21FN4O7S/c1-13-10-15(23)6-9-17(13)35(32,33)25-16-7-4-14(5-8-16)21(30)34-12-19(28)24-18-11-20(29)27(3)22(31)26(18)2/h4-11,25H,12H2,1-3H3,(H,24,28). The Hall–Kier alpha value is -4.26. The molecule has 2 N–H and O–H groups in total. The Kier molecular flexibility index (Phi) is 7.20. The number of halogens is 1. The van der Waals surface area contributed by atoms with Crippen LogP contribution in [0.15, 0.2) is 63.0 Å². The molecule has 0 aliphatic heterocycles. The maximum absolute atomic E-state index is 13.3. The number of nitrogens with one attached hydrogen (secondary N) is 2. The molecule has 0 radical (unpaired) electrons. The summed E-state index contributed by atoms with van der Waals surface area (Å²) in [7, 11) is -1.34. The third-order valence-corrected chi connectivity index (χ3v) is 6.47. The van der Waals surface area contributed by atoms with E-state index in [4.69, 9.17) is 4.74 Å². The van der Waals surface area contributed by atoms with Crippen LogP contribution >= 0.6 is 0 Å². The van der Waals surface area contributed by atoms with Crippen molar-refractivity contribution in [3.63, 3.8) is 0 Å². The fourth-order valence-electron chi connectivity index (χ4n) is 3.05. The number of amides is 1. The van der Waals surface area contributed by atoms with E-state index >= 15 is 0 Å². The largest absolute Gasteiger partial charge is 0.452 e. The van der Waals surface area contributed by atoms with Gasteiger partial charge in [0, 0.05) is 25.8 Å². The van der Waals surface area contributed by atoms with E-state index in [1.54, 1.807) is 0 Å². The van der Waals surface area contributed by atoms with E-state index in [1.165, 1.54) is 45.3 Å². The third kappa shape index (κ3) is 5.81. The molecule has 0 saturated carbocycles. The Morgan fingerprint density at radius 1 is 1.00 bits per heavy atom. The lowest BCUT2D eigenvalue weighted by atomic mass is 10.2. The number of rotatable bonds is 7. The minimum absolute atomic E-state index is 0.0414. The highest BCUT2D eigenvalue weighted by molar-refractivity contribution is 7.92. The lowest BCUT2D eigenvalue weighted by Crippen LogP contribution is -2.38. The predicted molar refractivity (Wildman–Crippen MR) is 124 cm³/mol. The SMILES string of the molecule is Cc1cc(F)ccc1S(=O)(=O)Nc1ccc(C(=O)OCC(=O)Nc2cc(=O)n(C)c(=O)n2C)cc1. The number of carbonyl (C=O) groups excluding carboxylic acids is 2. The molecule has 35 heavy (non-hydrogen) atoms. The zero-order valence-electron chi connectivity index (χ0n) is 18.9. The zero-order valence-corrected chi connectivity index (χ0v) is 19.7. The minimum atomic E-state index is -3.99. The molecular weight excluding hydrogens is 483 g/mol. The lowest BCUT2D eigenvalue weighted by molar-refractivity contribution is -0.119. The molecular formula is C22H21FN4O7S. The summed E-state index contributed by atoms with van der Waals surface area (Å²) in [6.07, 6.45) is 0. The molecule has 0 saturated heterocycles. The van der Waals surface area contributed by atoms with Crippen LogP contribution in [-0.4, -0.2) is 36.0 Å². The first-order valence-corrected chi connectivity index (χ1v) is 11.5. The number of esters is 1. The van der Waals surface area contributed by atoms with Crippen LogP contribution in [-0.2, 0) is 33.7 Å². The molecule has 184 valence electrons. The summed E-state index contributed by atoms with van der Waals surface area (Å²) in [6.45, 7) is 0.768. The summed E-state index contributed by atoms with van der Waals surface area (Å²) in [4.78, 5) is 47.8. The van der Waals surface area contributed by atoms with Gasteiger partial charge in [0.2, 0.25) is 0 Å². The number of hydrogen-bond donors (Lipinski definition) is 2. The van der Waals surface area contributed by atoms with Gasteiger partial charge in [-0.1, -0.05) is 0 Å². The first-order valence-electron chi connectivity index (χ1n) is 10.0. The fourth-order valence-corrected chi connectivity index (χ4v) is 4.33. The average molecular weight is 504 g/mol. The van der Waals surface area contributed by atoms with Crippen molar-refractivity contribution in [3.05, 3.63) is 86.3 Å². The molecule has 0 aliphatic rings. The molecule has 0 spiro atoms. The second-order valence-corrected chi connectivity index (χ2v) is 9.14. The van der Waals surface area contributed by atoms with Crippen molar-refractivity contribution in [2.45, 2.75) is 11.8 Å². The van der Waals surface area contributed by atoms with Crippen molar-refractivity contribution < 1.29 is 27.1 Å². The van der Waals surface area contributed by atoms with Gasteiger partial charge < -0.3 is 10.1 Å². The van der Waals surface area contributed by atoms with Gasteiger partial charge in [0.05, 0.1) is 10.5 Å². The molecule has 11 nitrogen and oxygen atoms in total. The van der Waals surface area contributed by atoms with Crippen LogP contribution in [0, 0.1) is 12.7 Å². The van der Waals surface area contributed by atoms with E-state index in [-0.39, 0.29) is 27.5 Å². The first-order chi connectivity index (χ1) is 16.4. The smallest absolute Gasteiger partial charge is 0.338 e. The highest BCUT2D eigenvalue weighted by Crippen LogP contribution is 2.20. The normalized spacial score (nSPS) is 11.1. The van der Waals surface area contributed by atoms with Gasteiger partial charge in [0.15, 0.2) is 6.61 Å². The maximum atomic E-state index is 13.3. The van der Waals surface area contributed by atoms with Crippen molar-refractivity contribution in [2.75, 3.05) is 16.6 Å². The van der Waals surface area contributed by atoms with Gasteiger partial charge >= 0.3 is 11.7 Å². The first kappa shape index (κ1) is 25.4. The van der Waals surface area contributed by atoms with Crippen LogP contribution in [0.5, 0.6) is 0 Å². The summed E-state index contributed by atoms with van der Waals surface area (Å²) in [5, 5.41) is 2.32. The van der Waals surface area contributed by atoms with E-state index in [1.807, 2.05) is 0 Å². The maximum Gasteiger partial charge on any atom is 0.338 e. The molecule has 0 fully saturated rings. The number of hydrogen-bond acceptors (Lipinski definition) is 7. The second-order valence-electron chi connectivity index (χ2n) is 7.49. The number of sulfonamides is 1. The molecule has 3 rings (SSSR count). The summed E-state index contributed by atoms with van der Waals surface area (Å²) in [5.74, 6) is -2.26. The van der Waals surface area contributed by atoms with Crippen molar-refractivity contribution in [1.29, 1.82) is 0 Å². The Morgan fingerprint density at radius 2 is 1.66 bits per heavy atom. The van der Waals surface area contributed by atoms with Crippen molar-refractivity contribution in [1.82, 2.24) is 9.13 Å². The van der Waals surface area contributed by atoms with Crippen LogP contribution in [0.25, 0.3) is 0 Å². The molecule has 0 bridgehead atoms. The van der Waals surface area contributed by atoms with Crippen LogP contribution < -0.4 is 21.3 Å². The molecule has 3 aromatic rings. The molecule has 1 heterocycles. The van der Waals surface area contributed by atoms with Crippen molar-refractivity contribution in [3.8, 4) is 0 Å². The Labute approximate surface area is 198 Å². The molecule has 13 heteroatoms. The number of nitrogens with zero attached hydrogens (tertiary/aromatic N) is 2. The van der Waals surface area contributed by atoms with E-state index in [0.717, 1.165) is 33.4 Å². The van der Waals surface area contributed by atoms with E-state index in [9.17, 15) is 32.0 Å². The predicted octanol–water partition coefficient (Wildman–Crippen LogP) is 1.13. The Bertz CT molecular complexity index is 1530. The minimum Gasteiger partial charge on any atom is -0.452 e. The van der Waals surface area contributed by atoms with Gasteiger partial charge in [0.1, 0.15) is 11.6 Å². The van der Waals surface area contributed by atoms with Crippen LogP contribution in [0.1, 0.15) is 15.9 Å². The van der Waals surface area contributed by atoms with Crippen LogP contribution in [0.3, 0.4) is 0 Å². The number of aryl methyl sites for hydroxylation is 1. The van der Waals surface area contributed by atoms with Gasteiger partial charge in [0.25, 0.3) is 21.5 Å². The van der Waals surface area contributed by atoms with Crippen LogP contribution in [0.4, 0.5) is 15.9 Å². The van der Waals surface area contributed by atoms with Crippen LogP contribution in [0.2, 0.25) is 0 Å². The highest BCUT2D eigenvalue weighted by atomic mass is 32.2. The average Bonchev–Trinajstić information content (AvgIpc) is 2.79. The fraction of sp³-hybridized carbons (Fsp3) is 0.182. The summed E-state index contributed by atoms with van der Waals surface area (Å²) in [6, 6.07) is 9.56.